The Bertz CT molecular complexity index is 580. The van der Waals surface area contributed by atoms with Crippen LogP contribution in [0.25, 0.3) is 0 Å². The van der Waals surface area contributed by atoms with Crippen molar-refractivity contribution in [3.8, 4) is 0 Å². The molecule has 0 saturated carbocycles. The first-order chi connectivity index (χ1) is 13.6. The van der Waals surface area contributed by atoms with Crippen molar-refractivity contribution in [2.75, 3.05) is 44.7 Å². The van der Waals surface area contributed by atoms with E-state index in [9.17, 15) is 0 Å². The number of likely N-dealkylation sites (N-methyl/N-ethyl adjacent to an activating group) is 1. The summed E-state index contributed by atoms with van der Waals surface area (Å²) in [5.74, 6) is 1.98. The van der Waals surface area contributed by atoms with Gasteiger partial charge in [0.15, 0.2) is 5.96 Å². The lowest BCUT2D eigenvalue weighted by Gasteiger charge is -2.33. The maximum atomic E-state index is 4.81. The molecule has 0 radical (unpaired) electrons. The molecule has 2 heterocycles. The molecule has 6 nitrogen and oxygen atoms in total. The molecule has 158 valence electrons. The Morgan fingerprint density at radius 2 is 1.96 bits per heavy atom. The summed E-state index contributed by atoms with van der Waals surface area (Å²) in [4.78, 5) is 14.1. The molecule has 28 heavy (non-hydrogen) atoms. The maximum absolute atomic E-state index is 4.81. The number of guanidine groups is 1. The van der Waals surface area contributed by atoms with Gasteiger partial charge in [-0.3, -0.25) is 0 Å². The number of piperazine rings is 1. The van der Waals surface area contributed by atoms with Crippen molar-refractivity contribution in [3.05, 3.63) is 23.9 Å². The zero-order valence-electron chi connectivity index (χ0n) is 18.4. The van der Waals surface area contributed by atoms with Crippen LogP contribution in [0.1, 0.15) is 58.4 Å². The summed E-state index contributed by atoms with van der Waals surface area (Å²) in [6, 6.07) is 4.70. The predicted molar refractivity (Wildman–Crippen MR) is 120 cm³/mol. The van der Waals surface area contributed by atoms with Crippen LogP contribution < -0.4 is 15.5 Å². The number of nitrogens with one attached hydrogen (secondary N) is 2. The Kier molecular flexibility index (Phi) is 10.1. The van der Waals surface area contributed by atoms with Gasteiger partial charge in [-0.25, -0.2) is 9.98 Å². The zero-order valence-corrected chi connectivity index (χ0v) is 18.4. The highest BCUT2D eigenvalue weighted by atomic mass is 15.3. The topological polar surface area (TPSA) is 55.8 Å². The lowest BCUT2D eigenvalue weighted by Crippen LogP contribution is -2.44. The van der Waals surface area contributed by atoms with Crippen molar-refractivity contribution in [1.82, 2.24) is 20.5 Å². The smallest absolute Gasteiger partial charge is 0.191 e. The highest BCUT2D eigenvalue weighted by Crippen LogP contribution is 2.15. The van der Waals surface area contributed by atoms with E-state index in [0.717, 1.165) is 44.5 Å². The molecular weight excluding hydrogens is 348 g/mol. The molecule has 1 unspecified atom stereocenters. The minimum atomic E-state index is 0.438. The highest BCUT2D eigenvalue weighted by Gasteiger charge is 2.15. The van der Waals surface area contributed by atoms with E-state index in [-0.39, 0.29) is 0 Å². The number of anilines is 1. The van der Waals surface area contributed by atoms with E-state index < -0.39 is 0 Å². The monoisotopic (exact) mass is 388 g/mol. The van der Waals surface area contributed by atoms with Crippen LogP contribution in [0.2, 0.25) is 0 Å². The fourth-order valence-electron chi connectivity index (χ4n) is 3.44. The van der Waals surface area contributed by atoms with Crippen molar-refractivity contribution in [2.45, 2.75) is 65.5 Å². The van der Waals surface area contributed by atoms with Gasteiger partial charge in [0.1, 0.15) is 5.82 Å². The quantitative estimate of drug-likeness (QED) is 0.366. The number of hydrogen-bond acceptors (Lipinski definition) is 4. The van der Waals surface area contributed by atoms with Gasteiger partial charge in [0.25, 0.3) is 0 Å². The SMILES string of the molecule is CCCCCCC(C)NC(=NCc1ccnc(N2CCN(C)CC2)c1)NCC. The highest BCUT2D eigenvalue weighted by molar-refractivity contribution is 5.80. The second-order valence-electron chi connectivity index (χ2n) is 7.90. The zero-order chi connectivity index (χ0) is 20.2. The lowest BCUT2D eigenvalue weighted by molar-refractivity contribution is 0.312. The number of pyridine rings is 1. The van der Waals surface area contributed by atoms with Gasteiger partial charge in [0.05, 0.1) is 6.54 Å². The van der Waals surface area contributed by atoms with E-state index in [0.29, 0.717) is 12.6 Å². The minimum absolute atomic E-state index is 0.438. The summed E-state index contributed by atoms with van der Waals surface area (Å²) in [6.07, 6.45) is 8.32. The van der Waals surface area contributed by atoms with Crippen LogP contribution in [-0.2, 0) is 6.54 Å². The van der Waals surface area contributed by atoms with Gasteiger partial charge in [-0.2, -0.15) is 0 Å². The molecule has 0 spiro atoms. The molecule has 1 atom stereocenters. The van der Waals surface area contributed by atoms with Crippen LogP contribution in [0.5, 0.6) is 0 Å². The summed E-state index contributed by atoms with van der Waals surface area (Å²) in [5.41, 5.74) is 1.21. The second-order valence-corrected chi connectivity index (χ2v) is 7.90. The number of nitrogens with zero attached hydrogens (tertiary/aromatic N) is 4. The molecule has 0 amide bonds. The number of aliphatic imine (C=N–C) groups is 1. The average Bonchev–Trinajstić information content (AvgIpc) is 2.70. The Morgan fingerprint density at radius 1 is 1.18 bits per heavy atom. The lowest BCUT2D eigenvalue weighted by atomic mass is 10.1. The maximum Gasteiger partial charge on any atom is 0.191 e. The van der Waals surface area contributed by atoms with Crippen LogP contribution >= 0.6 is 0 Å². The summed E-state index contributed by atoms with van der Waals surface area (Å²) < 4.78 is 0. The Balaban J connectivity index is 1.90. The number of aromatic nitrogens is 1. The van der Waals surface area contributed by atoms with Crippen LogP contribution in [0, 0.1) is 0 Å². The molecule has 1 aromatic heterocycles. The molecule has 6 heteroatoms. The summed E-state index contributed by atoms with van der Waals surface area (Å²) in [7, 11) is 2.18. The van der Waals surface area contributed by atoms with Gasteiger partial charge in [0.2, 0.25) is 0 Å². The predicted octanol–water partition coefficient (Wildman–Crippen LogP) is 3.25. The Hall–Kier alpha value is -1.82. The molecular formula is C22H40N6. The van der Waals surface area contributed by atoms with Gasteiger partial charge in [0, 0.05) is 45.0 Å². The molecule has 1 saturated heterocycles. The molecule has 2 rings (SSSR count). The number of unbranched alkanes of at least 4 members (excludes halogenated alkanes) is 3. The average molecular weight is 389 g/mol. The Labute approximate surface area is 171 Å². The molecule has 0 aromatic carbocycles. The van der Waals surface area contributed by atoms with Crippen molar-refractivity contribution >= 4 is 11.8 Å². The third-order valence-electron chi connectivity index (χ3n) is 5.27. The third kappa shape index (κ3) is 8.05. The van der Waals surface area contributed by atoms with Crippen LogP contribution in [0.15, 0.2) is 23.3 Å². The molecule has 0 aliphatic carbocycles. The standard InChI is InChI=1S/C22H40N6/c1-5-7-8-9-10-19(3)26-22(23-6-2)25-18-20-11-12-24-21(17-20)28-15-13-27(4)14-16-28/h11-12,17,19H,5-10,13-16,18H2,1-4H3,(H2,23,25,26). The molecule has 1 aliphatic rings. The fraction of sp³-hybridized carbons (Fsp3) is 0.727. The largest absolute Gasteiger partial charge is 0.357 e. The van der Waals surface area contributed by atoms with E-state index >= 15 is 0 Å². The van der Waals surface area contributed by atoms with Gasteiger partial charge in [-0.1, -0.05) is 32.6 Å². The van der Waals surface area contributed by atoms with Crippen molar-refractivity contribution in [1.29, 1.82) is 0 Å². The fourth-order valence-corrected chi connectivity index (χ4v) is 3.44. The molecule has 1 fully saturated rings. The first-order valence-corrected chi connectivity index (χ1v) is 11.1. The van der Waals surface area contributed by atoms with E-state index in [1.165, 1.54) is 37.7 Å². The number of rotatable bonds is 10. The first-order valence-electron chi connectivity index (χ1n) is 11.1. The molecule has 2 N–H and O–H groups in total. The first kappa shape index (κ1) is 22.5. The van der Waals surface area contributed by atoms with E-state index in [1.807, 2.05) is 6.20 Å². The summed E-state index contributed by atoms with van der Waals surface area (Å²) >= 11 is 0. The number of hydrogen-bond donors (Lipinski definition) is 2. The van der Waals surface area contributed by atoms with E-state index in [2.05, 4.69) is 65.4 Å². The Morgan fingerprint density at radius 3 is 2.68 bits per heavy atom. The minimum Gasteiger partial charge on any atom is -0.357 e. The van der Waals surface area contributed by atoms with Crippen molar-refractivity contribution in [2.24, 2.45) is 4.99 Å². The van der Waals surface area contributed by atoms with Gasteiger partial charge in [-0.15, -0.1) is 0 Å². The van der Waals surface area contributed by atoms with Crippen molar-refractivity contribution < 1.29 is 0 Å². The molecule has 1 aliphatic heterocycles. The van der Waals surface area contributed by atoms with Gasteiger partial charge in [-0.05, 0) is 45.0 Å². The summed E-state index contributed by atoms with van der Waals surface area (Å²) in [5, 5.41) is 6.93. The van der Waals surface area contributed by atoms with Gasteiger partial charge >= 0.3 is 0 Å². The van der Waals surface area contributed by atoms with E-state index in [1.54, 1.807) is 0 Å². The second kappa shape index (κ2) is 12.6. The van der Waals surface area contributed by atoms with E-state index in [4.69, 9.17) is 4.99 Å². The van der Waals surface area contributed by atoms with Crippen LogP contribution in [0.4, 0.5) is 5.82 Å². The van der Waals surface area contributed by atoms with Crippen molar-refractivity contribution in [3.63, 3.8) is 0 Å². The van der Waals surface area contributed by atoms with Crippen LogP contribution in [0.3, 0.4) is 0 Å². The van der Waals surface area contributed by atoms with Gasteiger partial charge < -0.3 is 20.4 Å². The molecule has 0 bridgehead atoms. The van der Waals surface area contributed by atoms with Crippen LogP contribution in [-0.4, -0.2) is 61.7 Å². The summed E-state index contributed by atoms with van der Waals surface area (Å²) in [6.45, 7) is 12.4. The normalized spacial score (nSPS) is 16.9. The third-order valence-corrected chi connectivity index (χ3v) is 5.27. The molecule has 1 aromatic rings.